The van der Waals surface area contributed by atoms with Gasteiger partial charge < -0.3 is 14.5 Å². The number of ether oxygens (including phenoxy) is 1. The molecule has 1 aliphatic rings. The van der Waals surface area contributed by atoms with Gasteiger partial charge in [0.1, 0.15) is 17.4 Å². The summed E-state index contributed by atoms with van der Waals surface area (Å²) in [6.45, 7) is 6.93. The largest absolute Gasteiger partial charge is 0.486 e. The molecule has 0 radical (unpaired) electrons. The lowest BCUT2D eigenvalue weighted by Crippen LogP contribution is -2.49. The summed E-state index contributed by atoms with van der Waals surface area (Å²) in [6, 6.07) is 15.6. The zero-order valence-electron chi connectivity index (χ0n) is 18.4. The van der Waals surface area contributed by atoms with Crippen LogP contribution in [0.5, 0.6) is 5.75 Å². The van der Waals surface area contributed by atoms with E-state index in [1.807, 2.05) is 65.7 Å². The van der Waals surface area contributed by atoms with Crippen LogP contribution in [0.2, 0.25) is 0 Å². The van der Waals surface area contributed by atoms with Crippen LogP contribution in [0, 0.1) is 6.92 Å². The number of carbonyl (C=O) groups excluding carboxylic acids is 2. The van der Waals surface area contributed by atoms with Gasteiger partial charge in [0.15, 0.2) is 5.78 Å². The van der Waals surface area contributed by atoms with E-state index in [0.29, 0.717) is 26.1 Å². The monoisotopic (exact) mass is 449 g/mol. The fourth-order valence-electron chi connectivity index (χ4n) is 3.66. The number of carbonyl (C=O) groups is 2. The van der Waals surface area contributed by atoms with Gasteiger partial charge in [-0.2, -0.15) is 0 Å². The zero-order chi connectivity index (χ0) is 22.5. The Morgan fingerprint density at radius 3 is 2.34 bits per heavy atom. The van der Waals surface area contributed by atoms with E-state index in [1.54, 1.807) is 6.92 Å². The third kappa shape index (κ3) is 5.53. The van der Waals surface area contributed by atoms with E-state index < -0.39 is 0 Å². The van der Waals surface area contributed by atoms with Crippen molar-refractivity contribution in [2.45, 2.75) is 26.9 Å². The molecule has 0 unspecified atom stereocenters. The average molecular weight is 450 g/mol. The minimum Gasteiger partial charge on any atom is -0.486 e. The molecule has 1 saturated heterocycles. The molecular formula is C25H27N3O3S. The number of ketones is 1. The lowest BCUT2D eigenvalue weighted by Gasteiger charge is -2.36. The predicted molar refractivity (Wildman–Crippen MR) is 127 cm³/mol. The predicted octanol–water partition coefficient (Wildman–Crippen LogP) is 4.12. The van der Waals surface area contributed by atoms with Crippen molar-refractivity contribution in [2.75, 3.05) is 31.1 Å². The van der Waals surface area contributed by atoms with E-state index in [0.717, 1.165) is 40.8 Å². The minimum absolute atomic E-state index is 0.0684. The fraction of sp³-hybridized carbons (Fsp3) is 0.320. The normalized spacial score (nSPS) is 13.8. The highest BCUT2D eigenvalue weighted by Crippen LogP contribution is 2.19. The van der Waals surface area contributed by atoms with Crippen molar-refractivity contribution >= 4 is 28.7 Å². The molecule has 1 fully saturated rings. The summed E-state index contributed by atoms with van der Waals surface area (Å²) in [5.41, 5.74) is 3.79. The van der Waals surface area contributed by atoms with Gasteiger partial charge in [0.25, 0.3) is 0 Å². The van der Waals surface area contributed by atoms with Crippen LogP contribution in [0.15, 0.2) is 53.9 Å². The van der Waals surface area contributed by atoms with Gasteiger partial charge in [0.05, 0.1) is 12.1 Å². The van der Waals surface area contributed by atoms with Gasteiger partial charge in [-0.3, -0.25) is 9.59 Å². The first-order valence-corrected chi connectivity index (χ1v) is 11.6. The summed E-state index contributed by atoms with van der Waals surface area (Å²) in [5, 5.41) is 2.81. The highest BCUT2D eigenvalue weighted by Gasteiger charge is 2.22. The van der Waals surface area contributed by atoms with E-state index >= 15 is 0 Å². The third-order valence-electron chi connectivity index (χ3n) is 5.59. The van der Waals surface area contributed by atoms with Crippen LogP contribution in [-0.4, -0.2) is 47.8 Å². The summed E-state index contributed by atoms with van der Waals surface area (Å²) in [4.78, 5) is 32.9. The molecule has 0 N–H and O–H groups in total. The molecule has 0 bridgehead atoms. The Morgan fingerprint density at radius 2 is 1.69 bits per heavy atom. The fourth-order valence-corrected chi connectivity index (χ4v) is 4.37. The van der Waals surface area contributed by atoms with Gasteiger partial charge in [0, 0.05) is 42.8 Å². The van der Waals surface area contributed by atoms with Gasteiger partial charge in [0.2, 0.25) is 5.91 Å². The molecule has 1 aliphatic heterocycles. The summed E-state index contributed by atoms with van der Waals surface area (Å²) in [5.74, 6) is 0.990. The maximum Gasteiger partial charge on any atom is 0.228 e. The van der Waals surface area contributed by atoms with Crippen LogP contribution in [-0.2, 0) is 17.8 Å². The number of Topliss-reactive ketones (excluding diaryl/α,β-unsaturated/α-hetero) is 1. The number of aromatic nitrogens is 1. The van der Waals surface area contributed by atoms with Gasteiger partial charge in [-0.05, 0) is 50.2 Å². The number of aryl methyl sites for hydroxylation is 1. The number of piperazine rings is 1. The SMILES string of the molecule is CC(=O)c1ccc(N2CCN(C(=O)Cc3csc(COc4ccc(C)cc4)n3)CC2)cc1. The van der Waals surface area contributed by atoms with Crippen molar-refractivity contribution in [1.82, 2.24) is 9.88 Å². The summed E-state index contributed by atoms with van der Waals surface area (Å²) in [6.07, 6.45) is 0.314. The maximum absolute atomic E-state index is 12.8. The van der Waals surface area contributed by atoms with Crippen molar-refractivity contribution in [2.24, 2.45) is 0 Å². The van der Waals surface area contributed by atoms with Crippen molar-refractivity contribution in [3.05, 3.63) is 75.7 Å². The Kier molecular flexibility index (Phi) is 6.85. The Morgan fingerprint density at radius 1 is 1.00 bits per heavy atom. The van der Waals surface area contributed by atoms with E-state index in [4.69, 9.17) is 4.74 Å². The van der Waals surface area contributed by atoms with Gasteiger partial charge in [-0.1, -0.05) is 17.7 Å². The number of anilines is 1. The Labute approximate surface area is 192 Å². The number of hydrogen-bond acceptors (Lipinski definition) is 6. The number of nitrogens with zero attached hydrogens (tertiary/aromatic N) is 3. The molecule has 0 saturated carbocycles. The highest BCUT2D eigenvalue weighted by molar-refractivity contribution is 7.09. The first kappa shape index (κ1) is 22.0. The minimum atomic E-state index is 0.0684. The van der Waals surface area contributed by atoms with E-state index in [2.05, 4.69) is 9.88 Å². The van der Waals surface area contributed by atoms with Crippen LogP contribution >= 0.6 is 11.3 Å². The standard InChI is InChI=1S/C25H27N3O3S/c1-18-3-9-23(10-4-18)31-16-24-26-21(17-32-24)15-25(30)28-13-11-27(12-14-28)22-7-5-20(6-8-22)19(2)29/h3-10,17H,11-16H2,1-2H3. The summed E-state index contributed by atoms with van der Waals surface area (Å²) in [7, 11) is 0. The van der Waals surface area contributed by atoms with Gasteiger partial charge in [-0.15, -0.1) is 11.3 Å². The molecule has 1 aromatic heterocycles. The molecule has 32 heavy (non-hydrogen) atoms. The van der Waals surface area contributed by atoms with Gasteiger partial charge in [-0.25, -0.2) is 4.98 Å². The van der Waals surface area contributed by atoms with Crippen molar-refractivity contribution in [3.63, 3.8) is 0 Å². The van der Waals surface area contributed by atoms with Crippen LogP contribution in [0.25, 0.3) is 0 Å². The molecule has 2 heterocycles. The Bertz CT molecular complexity index is 1070. The van der Waals surface area contributed by atoms with Crippen LogP contribution < -0.4 is 9.64 Å². The molecule has 166 valence electrons. The van der Waals surface area contributed by atoms with E-state index in [9.17, 15) is 9.59 Å². The lowest BCUT2D eigenvalue weighted by atomic mass is 10.1. The second kappa shape index (κ2) is 9.96. The van der Waals surface area contributed by atoms with E-state index in [1.165, 1.54) is 16.9 Å². The van der Waals surface area contributed by atoms with E-state index in [-0.39, 0.29) is 11.7 Å². The first-order chi connectivity index (χ1) is 15.5. The average Bonchev–Trinajstić information content (AvgIpc) is 3.26. The van der Waals surface area contributed by atoms with Crippen LogP contribution in [0.3, 0.4) is 0 Å². The topological polar surface area (TPSA) is 62.7 Å². The molecule has 1 amide bonds. The number of rotatable bonds is 7. The highest BCUT2D eigenvalue weighted by atomic mass is 32.1. The lowest BCUT2D eigenvalue weighted by molar-refractivity contribution is -0.130. The molecule has 0 spiro atoms. The molecule has 3 aromatic rings. The number of hydrogen-bond donors (Lipinski definition) is 0. The van der Waals surface area contributed by atoms with Crippen molar-refractivity contribution < 1.29 is 14.3 Å². The smallest absolute Gasteiger partial charge is 0.228 e. The number of amides is 1. The number of thiazole rings is 1. The molecule has 0 atom stereocenters. The molecular weight excluding hydrogens is 422 g/mol. The van der Waals surface area contributed by atoms with Gasteiger partial charge >= 0.3 is 0 Å². The molecule has 4 rings (SSSR count). The number of benzene rings is 2. The molecule has 2 aromatic carbocycles. The Hall–Kier alpha value is -3.19. The Balaban J connectivity index is 1.25. The summed E-state index contributed by atoms with van der Waals surface area (Å²) < 4.78 is 5.78. The van der Waals surface area contributed by atoms with Crippen molar-refractivity contribution in [3.8, 4) is 5.75 Å². The quantitative estimate of drug-likeness (QED) is 0.508. The summed E-state index contributed by atoms with van der Waals surface area (Å²) >= 11 is 1.52. The van der Waals surface area contributed by atoms with Crippen molar-refractivity contribution in [1.29, 1.82) is 0 Å². The molecule has 7 heteroatoms. The zero-order valence-corrected chi connectivity index (χ0v) is 19.2. The van der Waals surface area contributed by atoms with Crippen LogP contribution in [0.4, 0.5) is 5.69 Å². The molecule has 6 nitrogen and oxygen atoms in total. The maximum atomic E-state index is 12.8. The van der Waals surface area contributed by atoms with Crippen LogP contribution in [0.1, 0.15) is 33.5 Å². The second-order valence-corrected chi connectivity index (χ2v) is 8.92. The second-order valence-electron chi connectivity index (χ2n) is 7.98. The first-order valence-electron chi connectivity index (χ1n) is 10.7. The third-order valence-corrected chi connectivity index (χ3v) is 6.46. The molecule has 0 aliphatic carbocycles.